The van der Waals surface area contributed by atoms with Gasteiger partial charge in [0.25, 0.3) is 0 Å². The van der Waals surface area contributed by atoms with Gasteiger partial charge in [0.15, 0.2) is 0 Å². The fraction of sp³-hybridized carbons (Fsp3) is 0.143. The van der Waals surface area contributed by atoms with Gasteiger partial charge in [-0.15, -0.1) is 0 Å². The van der Waals surface area contributed by atoms with E-state index in [-0.39, 0.29) is 11.8 Å². The largest absolute Gasteiger partial charge is 0.489 e. The summed E-state index contributed by atoms with van der Waals surface area (Å²) in [6.07, 6.45) is 2.53. The molecule has 0 heterocycles. The summed E-state index contributed by atoms with van der Waals surface area (Å²) in [4.78, 5) is 12.4. The number of hydrogen-bond acceptors (Lipinski definition) is 3. The molecule has 0 saturated heterocycles. The second-order valence-electron chi connectivity index (χ2n) is 8.09. The zero-order chi connectivity index (χ0) is 21.8. The number of nitrogens with zero attached hydrogens (tertiary/aromatic N) is 1. The Kier molecular flexibility index (Phi) is 5.67. The van der Waals surface area contributed by atoms with Crippen molar-refractivity contribution in [3.05, 3.63) is 114 Å². The lowest BCUT2D eigenvalue weighted by Crippen LogP contribution is -2.20. The lowest BCUT2D eigenvalue weighted by molar-refractivity contribution is -0.122. The van der Waals surface area contributed by atoms with Crippen LogP contribution in [0, 0.1) is 5.92 Å². The highest BCUT2D eigenvalue weighted by Crippen LogP contribution is 2.47. The normalized spacial score (nSPS) is 17.4. The molecule has 0 bridgehead atoms. The molecule has 4 nitrogen and oxygen atoms in total. The minimum Gasteiger partial charge on any atom is -0.489 e. The SMILES string of the molecule is O=C(N/N=C/c1cccc(OCc2cccc3ccccc23)c1)[C@H]1C[C@@H]1c1ccccc1. The van der Waals surface area contributed by atoms with Crippen LogP contribution in [0.25, 0.3) is 10.8 Å². The number of rotatable bonds is 7. The van der Waals surface area contributed by atoms with Crippen molar-refractivity contribution in [1.82, 2.24) is 5.43 Å². The van der Waals surface area contributed by atoms with E-state index in [9.17, 15) is 4.79 Å². The Labute approximate surface area is 187 Å². The first-order chi connectivity index (χ1) is 15.8. The molecule has 1 fully saturated rings. The van der Waals surface area contributed by atoms with E-state index in [0.29, 0.717) is 12.5 Å². The molecule has 158 valence electrons. The molecule has 1 aliphatic carbocycles. The highest BCUT2D eigenvalue weighted by Gasteiger charge is 2.43. The van der Waals surface area contributed by atoms with Crippen molar-refractivity contribution in [2.75, 3.05) is 0 Å². The van der Waals surface area contributed by atoms with E-state index >= 15 is 0 Å². The summed E-state index contributed by atoms with van der Waals surface area (Å²) in [5.41, 5.74) is 5.91. The van der Waals surface area contributed by atoms with Gasteiger partial charge in [-0.2, -0.15) is 5.10 Å². The third-order valence-electron chi connectivity index (χ3n) is 5.88. The zero-order valence-electron chi connectivity index (χ0n) is 17.6. The molecule has 1 amide bonds. The number of carbonyl (C=O) groups excluding carboxylic acids is 1. The maximum atomic E-state index is 12.4. The Morgan fingerprint density at radius 1 is 0.938 bits per heavy atom. The van der Waals surface area contributed by atoms with Crippen LogP contribution in [0.4, 0.5) is 0 Å². The first-order valence-corrected chi connectivity index (χ1v) is 10.9. The van der Waals surface area contributed by atoms with E-state index < -0.39 is 0 Å². The van der Waals surface area contributed by atoms with Gasteiger partial charge in [0, 0.05) is 5.92 Å². The number of hydrogen-bond donors (Lipinski definition) is 1. The predicted molar refractivity (Wildman–Crippen MR) is 128 cm³/mol. The molecule has 0 aliphatic heterocycles. The van der Waals surface area contributed by atoms with Crippen LogP contribution in [0.2, 0.25) is 0 Å². The zero-order valence-corrected chi connectivity index (χ0v) is 17.6. The van der Waals surface area contributed by atoms with Crippen LogP contribution in [0.15, 0.2) is 102 Å². The minimum atomic E-state index is -0.0292. The Morgan fingerprint density at radius 2 is 1.72 bits per heavy atom. The van der Waals surface area contributed by atoms with Crippen molar-refractivity contribution in [2.24, 2.45) is 11.0 Å². The van der Waals surface area contributed by atoms with E-state index in [0.717, 1.165) is 23.3 Å². The van der Waals surface area contributed by atoms with E-state index in [2.05, 4.69) is 53.0 Å². The molecule has 0 radical (unpaired) electrons. The Bertz CT molecular complexity index is 1260. The quantitative estimate of drug-likeness (QED) is 0.309. The fourth-order valence-electron chi connectivity index (χ4n) is 4.07. The van der Waals surface area contributed by atoms with Crippen molar-refractivity contribution in [1.29, 1.82) is 0 Å². The highest BCUT2D eigenvalue weighted by atomic mass is 16.5. The standard InChI is InChI=1S/C28H24N2O2/c31-28(27-17-26(27)22-9-2-1-3-10-22)30-29-18-20-8-6-14-24(16-20)32-19-23-13-7-12-21-11-4-5-15-25(21)23/h1-16,18,26-27H,17,19H2,(H,30,31)/b29-18+/t26-,27+/m1/s1. The van der Waals surface area contributed by atoms with E-state index in [4.69, 9.17) is 4.74 Å². The number of benzene rings is 4. The predicted octanol–water partition coefficient (Wildman–Crippen LogP) is 5.67. The number of hydrazone groups is 1. The molecule has 1 N–H and O–H groups in total. The summed E-state index contributed by atoms with van der Waals surface area (Å²) in [5, 5.41) is 6.55. The lowest BCUT2D eigenvalue weighted by Gasteiger charge is -2.09. The fourth-order valence-corrected chi connectivity index (χ4v) is 4.07. The Balaban J connectivity index is 1.17. The van der Waals surface area contributed by atoms with Gasteiger partial charge in [0.05, 0.1) is 6.21 Å². The van der Waals surface area contributed by atoms with Crippen molar-refractivity contribution >= 4 is 22.9 Å². The molecule has 5 rings (SSSR count). The van der Waals surface area contributed by atoms with Crippen LogP contribution >= 0.6 is 0 Å². The van der Waals surface area contributed by atoms with Gasteiger partial charge in [-0.3, -0.25) is 4.79 Å². The molecular formula is C28H24N2O2. The number of nitrogens with one attached hydrogen (secondary N) is 1. The van der Waals surface area contributed by atoms with Crippen LogP contribution < -0.4 is 10.2 Å². The number of amides is 1. The molecule has 0 spiro atoms. The second kappa shape index (κ2) is 9.06. The second-order valence-corrected chi connectivity index (χ2v) is 8.09. The molecule has 1 aliphatic rings. The van der Waals surface area contributed by atoms with E-state index in [1.807, 2.05) is 54.6 Å². The van der Waals surface area contributed by atoms with Crippen molar-refractivity contribution in [2.45, 2.75) is 18.9 Å². The summed E-state index contributed by atoms with van der Waals surface area (Å²) >= 11 is 0. The van der Waals surface area contributed by atoms with Crippen molar-refractivity contribution < 1.29 is 9.53 Å². The maximum Gasteiger partial charge on any atom is 0.243 e. The van der Waals surface area contributed by atoms with E-state index in [1.54, 1.807) is 6.21 Å². The number of ether oxygens (including phenoxy) is 1. The monoisotopic (exact) mass is 420 g/mol. The third-order valence-corrected chi connectivity index (χ3v) is 5.88. The molecule has 4 heteroatoms. The molecule has 1 saturated carbocycles. The summed E-state index contributed by atoms with van der Waals surface area (Å²) in [5.74, 6) is 1.04. The molecule has 4 aromatic rings. The van der Waals surface area contributed by atoms with Crippen LogP contribution in [-0.4, -0.2) is 12.1 Å². The van der Waals surface area contributed by atoms with Gasteiger partial charge in [0.1, 0.15) is 12.4 Å². The molecule has 4 aromatic carbocycles. The van der Waals surface area contributed by atoms with Gasteiger partial charge >= 0.3 is 0 Å². The Hall–Kier alpha value is -3.92. The van der Waals surface area contributed by atoms with Gasteiger partial charge in [-0.25, -0.2) is 5.43 Å². The summed E-state index contributed by atoms with van der Waals surface area (Å²) in [6.45, 7) is 0.487. The first kappa shape index (κ1) is 20.0. The average Bonchev–Trinajstić information content (AvgIpc) is 3.65. The van der Waals surface area contributed by atoms with Gasteiger partial charge < -0.3 is 4.74 Å². The molecule has 0 aromatic heterocycles. The van der Waals surface area contributed by atoms with E-state index in [1.165, 1.54) is 16.3 Å². The summed E-state index contributed by atoms with van der Waals surface area (Å²) in [6, 6.07) is 32.4. The molecule has 2 atom stereocenters. The van der Waals surface area contributed by atoms with Crippen LogP contribution in [-0.2, 0) is 11.4 Å². The van der Waals surface area contributed by atoms with Gasteiger partial charge in [-0.1, -0.05) is 84.9 Å². The average molecular weight is 421 g/mol. The van der Waals surface area contributed by atoms with Gasteiger partial charge in [0.2, 0.25) is 5.91 Å². The van der Waals surface area contributed by atoms with Crippen LogP contribution in [0.1, 0.15) is 29.0 Å². The summed E-state index contributed by atoms with van der Waals surface area (Å²) in [7, 11) is 0. The smallest absolute Gasteiger partial charge is 0.243 e. The van der Waals surface area contributed by atoms with Crippen molar-refractivity contribution in [3.63, 3.8) is 0 Å². The van der Waals surface area contributed by atoms with Gasteiger partial charge in [-0.05, 0) is 51.9 Å². The topological polar surface area (TPSA) is 50.7 Å². The lowest BCUT2D eigenvalue weighted by atomic mass is 10.1. The van der Waals surface area contributed by atoms with Crippen LogP contribution in [0.3, 0.4) is 0 Å². The third kappa shape index (κ3) is 4.54. The molecule has 32 heavy (non-hydrogen) atoms. The van der Waals surface area contributed by atoms with Crippen molar-refractivity contribution in [3.8, 4) is 5.75 Å². The molecular weight excluding hydrogens is 396 g/mol. The minimum absolute atomic E-state index is 0.00455. The number of carbonyl (C=O) groups is 1. The summed E-state index contributed by atoms with van der Waals surface area (Å²) < 4.78 is 6.03. The first-order valence-electron chi connectivity index (χ1n) is 10.9. The molecule has 0 unspecified atom stereocenters. The number of fused-ring (bicyclic) bond motifs is 1. The highest BCUT2D eigenvalue weighted by molar-refractivity contribution is 5.86. The van der Waals surface area contributed by atoms with Crippen LogP contribution in [0.5, 0.6) is 5.75 Å². The maximum absolute atomic E-state index is 12.4. The Morgan fingerprint density at radius 3 is 2.62 bits per heavy atom.